The van der Waals surface area contributed by atoms with Gasteiger partial charge in [-0.3, -0.25) is 4.79 Å². The van der Waals surface area contributed by atoms with Crippen molar-refractivity contribution in [2.24, 2.45) is 0 Å². The van der Waals surface area contributed by atoms with E-state index in [1.165, 1.54) is 6.20 Å². The maximum Gasteiger partial charge on any atom is 0.228 e. The van der Waals surface area contributed by atoms with Gasteiger partial charge in [0.25, 0.3) is 0 Å². The smallest absolute Gasteiger partial charge is 0.228 e. The third kappa shape index (κ3) is 5.16. The Hall–Kier alpha value is -3.74. The van der Waals surface area contributed by atoms with Gasteiger partial charge in [0, 0.05) is 17.7 Å². The molecular formula is C22H22N2O5. The van der Waals surface area contributed by atoms with E-state index in [0.717, 1.165) is 5.56 Å². The Bertz CT molecular complexity index is 973. The molecule has 7 heteroatoms. The number of benzene rings is 2. The first-order valence-corrected chi connectivity index (χ1v) is 8.90. The normalized spacial score (nSPS) is 10.2. The molecule has 7 nitrogen and oxygen atoms in total. The van der Waals surface area contributed by atoms with Crippen LogP contribution in [0.15, 0.2) is 60.8 Å². The van der Waals surface area contributed by atoms with Gasteiger partial charge in [-0.15, -0.1) is 0 Å². The van der Waals surface area contributed by atoms with Crippen molar-refractivity contribution in [3.8, 4) is 28.9 Å². The Labute approximate surface area is 169 Å². The number of hydrogen-bond donors (Lipinski definition) is 1. The lowest BCUT2D eigenvalue weighted by molar-refractivity contribution is -0.115. The first-order valence-electron chi connectivity index (χ1n) is 8.90. The first-order chi connectivity index (χ1) is 14.1. The molecule has 1 aromatic heterocycles. The summed E-state index contributed by atoms with van der Waals surface area (Å²) in [5.41, 5.74) is 1.32. The van der Waals surface area contributed by atoms with Crippen LogP contribution in [0.25, 0.3) is 0 Å². The number of para-hydroxylation sites is 2. The van der Waals surface area contributed by atoms with Gasteiger partial charge in [0.15, 0.2) is 11.5 Å². The lowest BCUT2D eigenvalue weighted by Gasteiger charge is -2.11. The molecule has 1 amide bonds. The van der Waals surface area contributed by atoms with Gasteiger partial charge in [0.2, 0.25) is 11.8 Å². The highest BCUT2D eigenvalue weighted by Crippen LogP contribution is 2.30. The summed E-state index contributed by atoms with van der Waals surface area (Å²) < 4.78 is 21.5. The maximum absolute atomic E-state index is 12.4. The summed E-state index contributed by atoms with van der Waals surface area (Å²) in [4.78, 5) is 16.6. The van der Waals surface area contributed by atoms with Crippen molar-refractivity contribution < 1.29 is 23.7 Å². The predicted octanol–water partition coefficient (Wildman–Crippen LogP) is 4.08. The molecule has 0 aliphatic carbocycles. The summed E-state index contributed by atoms with van der Waals surface area (Å²) in [6.07, 6.45) is 1.69. The van der Waals surface area contributed by atoms with E-state index in [2.05, 4.69) is 10.3 Å². The summed E-state index contributed by atoms with van der Waals surface area (Å²) in [5, 5.41) is 2.82. The Morgan fingerprint density at radius 2 is 1.66 bits per heavy atom. The standard InChI is InChI=1S/C22H22N2O5/c1-26-17-10-8-15(20(13-17)28-3)12-21(25)24-16-9-11-22(23-14-16)29-19-7-5-4-6-18(19)27-2/h4-11,13-14H,12H2,1-3H3,(H,24,25). The number of nitrogens with one attached hydrogen (secondary N) is 1. The maximum atomic E-state index is 12.4. The number of ether oxygens (including phenoxy) is 4. The second-order valence-corrected chi connectivity index (χ2v) is 6.04. The van der Waals surface area contributed by atoms with E-state index in [1.54, 1.807) is 63.8 Å². The average molecular weight is 394 g/mol. The zero-order valence-corrected chi connectivity index (χ0v) is 16.5. The van der Waals surface area contributed by atoms with Gasteiger partial charge in [0.1, 0.15) is 11.5 Å². The van der Waals surface area contributed by atoms with E-state index in [4.69, 9.17) is 18.9 Å². The fourth-order valence-corrected chi connectivity index (χ4v) is 2.71. The minimum absolute atomic E-state index is 0.159. The van der Waals surface area contributed by atoms with Crippen molar-refractivity contribution in [2.45, 2.75) is 6.42 Å². The van der Waals surface area contributed by atoms with Gasteiger partial charge in [-0.1, -0.05) is 18.2 Å². The Balaban J connectivity index is 1.63. The molecule has 0 bridgehead atoms. The minimum Gasteiger partial charge on any atom is -0.497 e. The molecule has 0 unspecified atom stereocenters. The highest BCUT2D eigenvalue weighted by molar-refractivity contribution is 5.92. The van der Waals surface area contributed by atoms with Crippen LogP contribution < -0.4 is 24.3 Å². The van der Waals surface area contributed by atoms with E-state index >= 15 is 0 Å². The van der Waals surface area contributed by atoms with E-state index < -0.39 is 0 Å². The fraction of sp³-hybridized carbons (Fsp3) is 0.182. The van der Waals surface area contributed by atoms with Crippen molar-refractivity contribution in [1.82, 2.24) is 4.98 Å². The molecule has 0 atom stereocenters. The van der Waals surface area contributed by atoms with Crippen LogP contribution in [-0.2, 0) is 11.2 Å². The Morgan fingerprint density at radius 3 is 2.31 bits per heavy atom. The number of aromatic nitrogens is 1. The van der Waals surface area contributed by atoms with Gasteiger partial charge in [-0.25, -0.2) is 4.98 Å². The van der Waals surface area contributed by atoms with Gasteiger partial charge in [-0.05, 0) is 24.3 Å². The lowest BCUT2D eigenvalue weighted by Crippen LogP contribution is -2.15. The van der Waals surface area contributed by atoms with Gasteiger partial charge in [0.05, 0.1) is 39.6 Å². The molecule has 0 saturated heterocycles. The van der Waals surface area contributed by atoms with E-state index in [1.807, 2.05) is 12.1 Å². The first kappa shape index (κ1) is 20.0. The number of amides is 1. The molecule has 0 spiro atoms. The molecule has 0 radical (unpaired) electrons. The summed E-state index contributed by atoms with van der Waals surface area (Å²) in [5.74, 6) is 2.64. The van der Waals surface area contributed by atoms with Crippen LogP contribution in [-0.4, -0.2) is 32.2 Å². The lowest BCUT2D eigenvalue weighted by atomic mass is 10.1. The Kier molecular flexibility index (Phi) is 6.52. The fourth-order valence-electron chi connectivity index (χ4n) is 2.71. The monoisotopic (exact) mass is 394 g/mol. The van der Waals surface area contributed by atoms with Gasteiger partial charge >= 0.3 is 0 Å². The van der Waals surface area contributed by atoms with Crippen LogP contribution in [0.1, 0.15) is 5.56 Å². The second-order valence-electron chi connectivity index (χ2n) is 6.04. The number of rotatable bonds is 8. The van der Waals surface area contributed by atoms with Crippen LogP contribution >= 0.6 is 0 Å². The highest BCUT2D eigenvalue weighted by atomic mass is 16.5. The molecule has 2 aromatic carbocycles. The minimum atomic E-state index is -0.186. The molecule has 29 heavy (non-hydrogen) atoms. The van der Waals surface area contributed by atoms with Crippen LogP contribution in [0, 0.1) is 0 Å². The molecule has 0 saturated carbocycles. The third-order valence-corrected chi connectivity index (χ3v) is 4.15. The molecule has 3 rings (SSSR count). The van der Waals surface area contributed by atoms with E-state index in [0.29, 0.717) is 34.6 Å². The van der Waals surface area contributed by atoms with Crippen molar-refractivity contribution in [3.63, 3.8) is 0 Å². The second kappa shape index (κ2) is 9.45. The molecule has 150 valence electrons. The van der Waals surface area contributed by atoms with Crippen molar-refractivity contribution >= 4 is 11.6 Å². The summed E-state index contributed by atoms with van der Waals surface area (Å²) in [7, 11) is 4.71. The van der Waals surface area contributed by atoms with Gasteiger partial charge < -0.3 is 24.3 Å². The molecule has 0 aliphatic rings. The van der Waals surface area contributed by atoms with Crippen LogP contribution in [0.4, 0.5) is 5.69 Å². The largest absolute Gasteiger partial charge is 0.497 e. The quantitative estimate of drug-likeness (QED) is 0.620. The SMILES string of the molecule is COc1ccc(CC(=O)Nc2ccc(Oc3ccccc3OC)nc2)c(OC)c1. The number of hydrogen-bond acceptors (Lipinski definition) is 6. The molecule has 0 fully saturated rings. The van der Waals surface area contributed by atoms with Crippen molar-refractivity contribution in [3.05, 3.63) is 66.4 Å². The summed E-state index contributed by atoms with van der Waals surface area (Å²) >= 11 is 0. The van der Waals surface area contributed by atoms with Gasteiger partial charge in [-0.2, -0.15) is 0 Å². The molecule has 1 heterocycles. The third-order valence-electron chi connectivity index (χ3n) is 4.15. The van der Waals surface area contributed by atoms with E-state index in [9.17, 15) is 4.79 Å². The zero-order valence-electron chi connectivity index (χ0n) is 16.5. The molecule has 0 aliphatic heterocycles. The summed E-state index contributed by atoms with van der Waals surface area (Å²) in [6, 6.07) is 16.0. The molecular weight excluding hydrogens is 372 g/mol. The van der Waals surface area contributed by atoms with Crippen molar-refractivity contribution in [2.75, 3.05) is 26.6 Å². The van der Waals surface area contributed by atoms with Crippen molar-refractivity contribution in [1.29, 1.82) is 0 Å². The summed E-state index contributed by atoms with van der Waals surface area (Å²) in [6.45, 7) is 0. The number of pyridine rings is 1. The Morgan fingerprint density at radius 1 is 0.897 bits per heavy atom. The van der Waals surface area contributed by atoms with Crippen LogP contribution in [0.2, 0.25) is 0 Å². The topological polar surface area (TPSA) is 78.9 Å². The molecule has 1 N–H and O–H groups in total. The number of carbonyl (C=O) groups is 1. The highest BCUT2D eigenvalue weighted by Gasteiger charge is 2.11. The number of methoxy groups -OCH3 is 3. The van der Waals surface area contributed by atoms with E-state index in [-0.39, 0.29) is 12.3 Å². The number of nitrogens with zero attached hydrogens (tertiary/aromatic N) is 1. The number of carbonyl (C=O) groups excluding carboxylic acids is 1. The van der Waals surface area contributed by atoms with Crippen LogP contribution in [0.3, 0.4) is 0 Å². The zero-order chi connectivity index (χ0) is 20.6. The predicted molar refractivity (Wildman–Crippen MR) is 109 cm³/mol. The molecule has 3 aromatic rings. The number of anilines is 1. The average Bonchev–Trinajstić information content (AvgIpc) is 2.75. The van der Waals surface area contributed by atoms with Crippen LogP contribution in [0.5, 0.6) is 28.9 Å².